The number of allylic oxidation sites excluding steroid dienone is 2. The summed E-state index contributed by atoms with van der Waals surface area (Å²) in [6, 6.07) is 0. The second-order valence-corrected chi connectivity index (χ2v) is 5.40. The van der Waals surface area contributed by atoms with Crippen molar-refractivity contribution in [3.63, 3.8) is 0 Å². The second kappa shape index (κ2) is 6.77. The van der Waals surface area contributed by atoms with Crippen LogP contribution >= 0.6 is 0 Å². The average Bonchev–Trinajstić information content (AvgIpc) is 2.80. The lowest BCUT2D eigenvalue weighted by Gasteiger charge is -2.23. The SMILES string of the molecule is CCO/N=C(/CC)C1=C(O)CC(c2c(C)noc2C)CC1=O. The van der Waals surface area contributed by atoms with Crippen molar-refractivity contribution in [2.24, 2.45) is 5.16 Å². The van der Waals surface area contributed by atoms with Crippen molar-refractivity contribution in [1.82, 2.24) is 5.16 Å². The summed E-state index contributed by atoms with van der Waals surface area (Å²) >= 11 is 0. The Bertz CT molecular complexity index is 609. The molecule has 120 valence electrons. The number of ketones is 1. The van der Waals surface area contributed by atoms with E-state index in [1.807, 2.05) is 27.7 Å². The van der Waals surface area contributed by atoms with Crippen LogP contribution in [0.3, 0.4) is 0 Å². The van der Waals surface area contributed by atoms with E-state index in [4.69, 9.17) is 9.36 Å². The van der Waals surface area contributed by atoms with Crippen molar-refractivity contribution >= 4 is 11.5 Å². The Hall–Kier alpha value is -2.11. The van der Waals surface area contributed by atoms with Crippen LogP contribution in [-0.4, -0.2) is 28.4 Å². The van der Waals surface area contributed by atoms with Gasteiger partial charge in [0.2, 0.25) is 0 Å². The van der Waals surface area contributed by atoms with Gasteiger partial charge in [0, 0.05) is 24.3 Å². The van der Waals surface area contributed by atoms with Gasteiger partial charge in [-0.1, -0.05) is 17.2 Å². The molecule has 1 aromatic rings. The van der Waals surface area contributed by atoms with Crippen LogP contribution in [0.4, 0.5) is 0 Å². The summed E-state index contributed by atoms with van der Waals surface area (Å²) in [7, 11) is 0. The molecule has 6 nitrogen and oxygen atoms in total. The van der Waals surface area contributed by atoms with Crippen LogP contribution in [0.5, 0.6) is 0 Å². The summed E-state index contributed by atoms with van der Waals surface area (Å²) < 4.78 is 5.16. The van der Waals surface area contributed by atoms with Crippen molar-refractivity contribution in [2.75, 3.05) is 6.61 Å². The van der Waals surface area contributed by atoms with Gasteiger partial charge in [0.05, 0.1) is 17.0 Å². The van der Waals surface area contributed by atoms with E-state index in [0.29, 0.717) is 42.9 Å². The van der Waals surface area contributed by atoms with E-state index in [9.17, 15) is 9.90 Å². The van der Waals surface area contributed by atoms with Crippen LogP contribution in [0.2, 0.25) is 0 Å². The molecule has 22 heavy (non-hydrogen) atoms. The summed E-state index contributed by atoms with van der Waals surface area (Å²) in [6.45, 7) is 7.80. The highest BCUT2D eigenvalue weighted by Gasteiger charge is 2.33. The highest BCUT2D eigenvalue weighted by Crippen LogP contribution is 2.37. The third-order valence-electron chi connectivity index (χ3n) is 3.86. The molecular formula is C16H22N2O4. The number of hydrogen-bond donors (Lipinski definition) is 1. The monoisotopic (exact) mass is 306 g/mol. The largest absolute Gasteiger partial charge is 0.511 e. The number of carbonyl (C=O) groups is 1. The number of aliphatic hydroxyl groups is 1. The summed E-state index contributed by atoms with van der Waals surface area (Å²) in [6.07, 6.45) is 1.23. The van der Waals surface area contributed by atoms with E-state index in [0.717, 1.165) is 11.3 Å². The number of aromatic nitrogens is 1. The molecular weight excluding hydrogens is 284 g/mol. The van der Waals surface area contributed by atoms with Crippen LogP contribution in [0.1, 0.15) is 56.0 Å². The number of aryl methyl sites for hydroxylation is 2. The molecule has 6 heteroatoms. The van der Waals surface area contributed by atoms with Crippen molar-refractivity contribution in [2.45, 2.75) is 52.9 Å². The third kappa shape index (κ3) is 3.05. The maximum absolute atomic E-state index is 12.5. The van der Waals surface area contributed by atoms with Crippen LogP contribution in [0, 0.1) is 13.8 Å². The van der Waals surface area contributed by atoms with Gasteiger partial charge in [-0.25, -0.2) is 0 Å². The van der Waals surface area contributed by atoms with Crippen molar-refractivity contribution in [3.8, 4) is 0 Å². The van der Waals surface area contributed by atoms with Gasteiger partial charge in [0.15, 0.2) is 5.78 Å². The molecule has 1 unspecified atom stereocenters. The normalized spacial score (nSPS) is 19.7. The highest BCUT2D eigenvalue weighted by atomic mass is 16.6. The molecule has 1 aromatic heterocycles. The van der Waals surface area contributed by atoms with Crippen molar-refractivity contribution < 1.29 is 19.3 Å². The number of aliphatic hydroxyl groups excluding tert-OH is 1. The first-order chi connectivity index (χ1) is 10.5. The second-order valence-electron chi connectivity index (χ2n) is 5.40. The molecule has 1 N–H and O–H groups in total. The van der Waals surface area contributed by atoms with Gasteiger partial charge in [-0.3, -0.25) is 4.79 Å². The van der Waals surface area contributed by atoms with E-state index in [2.05, 4.69) is 10.3 Å². The minimum absolute atomic E-state index is 0.0709. The first-order valence-electron chi connectivity index (χ1n) is 7.56. The zero-order valence-corrected chi connectivity index (χ0v) is 13.5. The zero-order valence-electron chi connectivity index (χ0n) is 13.5. The maximum atomic E-state index is 12.5. The molecule has 1 aliphatic carbocycles. The standard InChI is InChI=1S/C16H22N2O4/c1-5-12(18-21-6-2)16-13(19)7-11(8-14(16)20)15-9(3)17-22-10(15)4/h11,19H,5-8H2,1-4H3/b18-12-. The lowest BCUT2D eigenvalue weighted by Crippen LogP contribution is -2.24. The van der Waals surface area contributed by atoms with Crippen LogP contribution < -0.4 is 0 Å². The van der Waals surface area contributed by atoms with Crippen molar-refractivity contribution in [3.05, 3.63) is 28.3 Å². The fourth-order valence-corrected chi connectivity index (χ4v) is 2.93. The van der Waals surface area contributed by atoms with Crippen LogP contribution in [0.15, 0.2) is 21.0 Å². The molecule has 1 atom stereocenters. The van der Waals surface area contributed by atoms with Crippen LogP contribution in [0.25, 0.3) is 0 Å². The predicted molar refractivity (Wildman–Crippen MR) is 82.0 cm³/mol. The summed E-state index contributed by atoms with van der Waals surface area (Å²) in [5, 5.41) is 18.2. The first kappa shape index (κ1) is 16.3. The number of rotatable bonds is 5. The molecule has 0 aliphatic heterocycles. The van der Waals surface area contributed by atoms with Gasteiger partial charge in [-0.05, 0) is 27.2 Å². The molecule has 0 spiro atoms. The summed E-state index contributed by atoms with van der Waals surface area (Å²) in [5.74, 6) is 0.550. The van der Waals surface area contributed by atoms with E-state index >= 15 is 0 Å². The highest BCUT2D eigenvalue weighted by molar-refractivity contribution is 6.23. The summed E-state index contributed by atoms with van der Waals surface area (Å²) in [4.78, 5) is 17.5. The fraction of sp³-hybridized carbons (Fsp3) is 0.562. The van der Waals surface area contributed by atoms with Gasteiger partial charge in [-0.2, -0.15) is 0 Å². The Morgan fingerprint density at radius 1 is 1.41 bits per heavy atom. The molecule has 0 radical (unpaired) electrons. The Labute approximate surface area is 129 Å². The number of oxime groups is 1. The predicted octanol–water partition coefficient (Wildman–Crippen LogP) is 3.35. The average molecular weight is 306 g/mol. The van der Waals surface area contributed by atoms with Gasteiger partial charge in [0.25, 0.3) is 0 Å². The van der Waals surface area contributed by atoms with Crippen LogP contribution in [-0.2, 0) is 9.63 Å². The Kier molecular flexibility index (Phi) is 5.00. The third-order valence-corrected chi connectivity index (χ3v) is 3.86. The molecule has 0 saturated heterocycles. The van der Waals surface area contributed by atoms with Gasteiger partial charge in [-0.15, -0.1) is 0 Å². The van der Waals surface area contributed by atoms with E-state index in [1.54, 1.807) is 0 Å². The lowest BCUT2D eigenvalue weighted by atomic mass is 9.80. The minimum atomic E-state index is -0.117. The molecule has 0 saturated carbocycles. The molecule has 0 fully saturated rings. The van der Waals surface area contributed by atoms with E-state index in [-0.39, 0.29) is 17.5 Å². The molecule has 2 rings (SSSR count). The van der Waals surface area contributed by atoms with E-state index < -0.39 is 0 Å². The minimum Gasteiger partial charge on any atom is -0.511 e. The number of nitrogens with zero attached hydrogens (tertiary/aromatic N) is 2. The smallest absolute Gasteiger partial charge is 0.168 e. The molecule has 0 bridgehead atoms. The van der Waals surface area contributed by atoms with E-state index in [1.165, 1.54) is 0 Å². The maximum Gasteiger partial charge on any atom is 0.168 e. The van der Waals surface area contributed by atoms with Gasteiger partial charge in [0.1, 0.15) is 18.1 Å². The van der Waals surface area contributed by atoms with Gasteiger partial charge < -0.3 is 14.5 Å². The van der Waals surface area contributed by atoms with Gasteiger partial charge >= 0.3 is 0 Å². The Morgan fingerprint density at radius 3 is 2.64 bits per heavy atom. The number of carbonyl (C=O) groups excluding carboxylic acids is 1. The van der Waals surface area contributed by atoms with Crippen molar-refractivity contribution in [1.29, 1.82) is 0 Å². The Balaban J connectivity index is 2.33. The topological polar surface area (TPSA) is 84.9 Å². The number of hydrogen-bond acceptors (Lipinski definition) is 6. The Morgan fingerprint density at radius 2 is 2.14 bits per heavy atom. The number of Topliss-reactive ketones (excluding diaryl/α,β-unsaturated/α-hetero) is 1. The summed E-state index contributed by atoms with van der Waals surface area (Å²) in [5.41, 5.74) is 2.49. The lowest BCUT2D eigenvalue weighted by molar-refractivity contribution is -0.116. The fourth-order valence-electron chi connectivity index (χ4n) is 2.93. The quantitative estimate of drug-likeness (QED) is 0.666. The molecule has 1 heterocycles. The first-order valence-corrected chi connectivity index (χ1v) is 7.56. The zero-order chi connectivity index (χ0) is 16.3. The molecule has 0 aromatic carbocycles. The molecule has 0 amide bonds. The molecule has 1 aliphatic rings.